The molecule has 290 valence electrons. The molecular weight excluding hydrogens is 775 g/mol. The van der Waals surface area contributed by atoms with Gasteiger partial charge in [0.1, 0.15) is 46.1 Å². The second-order valence-electron chi connectivity index (χ2n) is 11.7. The van der Waals surface area contributed by atoms with Crippen molar-refractivity contribution in [3.63, 3.8) is 0 Å². The molecule has 2 amide bonds. The average molecular weight is 814 g/mol. The fraction of sp³-hybridized carbons (Fsp3) is 0.682. The summed E-state index contributed by atoms with van der Waals surface area (Å²) >= 11 is 0. The quantitative estimate of drug-likeness (QED) is 0.0659. The Balaban J connectivity index is 1.56. The van der Waals surface area contributed by atoms with Crippen LogP contribution in [0, 0.1) is 5.41 Å². The summed E-state index contributed by atoms with van der Waals surface area (Å²) in [5.74, 6) is -1.95. The van der Waals surface area contributed by atoms with E-state index in [9.17, 15) is 61.5 Å². The molecule has 2 aromatic rings. The molecule has 1 aliphatic heterocycles. The number of amides is 2. The Morgan fingerprint density at radius 1 is 1.08 bits per heavy atom. The highest BCUT2D eigenvalue weighted by molar-refractivity contribution is 7.90. The van der Waals surface area contributed by atoms with Crippen LogP contribution >= 0.6 is 23.5 Å². The van der Waals surface area contributed by atoms with Crippen LogP contribution in [0.4, 0.5) is 5.82 Å². The van der Waals surface area contributed by atoms with Crippen molar-refractivity contribution in [3.05, 3.63) is 12.7 Å². The number of aliphatic hydroxyl groups is 2. The van der Waals surface area contributed by atoms with E-state index < -0.39 is 94.4 Å². The number of carbonyl (C=O) groups is 2. The lowest BCUT2D eigenvalue weighted by Crippen LogP contribution is -2.46. The molecule has 1 saturated heterocycles. The molecule has 51 heavy (non-hydrogen) atoms. The molecule has 29 heteroatoms. The SMILES string of the molecule is CC(C)(COP(=O)(O)OP(=O)(O)OCC1OC(n2cnc3c(N)ncnc32)C(O)C1OP(=O)(O)O)C(O)C(=O)NCCC(=O)NCCS(C)(=O)=O. The predicted molar refractivity (Wildman–Crippen MR) is 169 cm³/mol. The van der Waals surface area contributed by atoms with E-state index >= 15 is 0 Å². The van der Waals surface area contributed by atoms with E-state index in [1.165, 1.54) is 13.8 Å². The molecule has 1 aliphatic rings. The van der Waals surface area contributed by atoms with Crippen LogP contribution in [0.3, 0.4) is 0 Å². The molecule has 7 atom stereocenters. The Hall–Kier alpha value is -2.51. The second-order valence-corrected chi connectivity index (χ2v) is 18.2. The van der Waals surface area contributed by atoms with Crippen LogP contribution in [-0.4, -0.2) is 132 Å². The number of ether oxygens (including phenoxy) is 1. The number of anilines is 1. The van der Waals surface area contributed by atoms with Crippen molar-refractivity contribution in [2.24, 2.45) is 5.41 Å². The highest BCUT2D eigenvalue weighted by atomic mass is 32.2. The number of imidazole rings is 1. The Labute approximate surface area is 289 Å². The third kappa shape index (κ3) is 12.8. The fourth-order valence-electron chi connectivity index (χ4n) is 4.32. The molecule has 0 aromatic carbocycles. The zero-order valence-corrected chi connectivity index (χ0v) is 30.5. The number of carbonyl (C=O) groups excluding carboxylic acids is 2. The maximum Gasteiger partial charge on any atom is 0.481 e. The lowest BCUT2D eigenvalue weighted by molar-refractivity contribution is -0.137. The highest BCUT2D eigenvalue weighted by Crippen LogP contribution is 2.61. The Bertz CT molecular complexity index is 1820. The zero-order chi connectivity index (χ0) is 38.6. The summed E-state index contributed by atoms with van der Waals surface area (Å²) in [5.41, 5.74) is 4.20. The molecule has 0 saturated carbocycles. The van der Waals surface area contributed by atoms with Crippen LogP contribution < -0.4 is 16.4 Å². The molecule has 2 aromatic heterocycles. The van der Waals surface area contributed by atoms with E-state index in [4.69, 9.17) is 19.5 Å². The predicted octanol–water partition coefficient (Wildman–Crippen LogP) is -2.55. The largest absolute Gasteiger partial charge is 0.481 e. The molecule has 1 fully saturated rings. The van der Waals surface area contributed by atoms with Gasteiger partial charge in [-0.25, -0.2) is 37.1 Å². The first kappa shape index (κ1) is 42.9. The summed E-state index contributed by atoms with van der Waals surface area (Å²) in [6.45, 7) is -0.0349. The molecule has 7 unspecified atom stereocenters. The lowest BCUT2D eigenvalue weighted by Gasteiger charge is -2.30. The Kier molecular flexibility index (Phi) is 14.0. The minimum atomic E-state index is -5.57. The fourth-order valence-corrected chi connectivity index (χ4v) is 7.62. The number of aromatic nitrogens is 4. The number of hydrogen-bond donors (Lipinski definition) is 9. The van der Waals surface area contributed by atoms with Gasteiger partial charge in [0.25, 0.3) is 0 Å². The highest BCUT2D eigenvalue weighted by Gasteiger charge is 2.50. The monoisotopic (exact) mass is 813 g/mol. The van der Waals surface area contributed by atoms with Gasteiger partial charge in [-0.1, -0.05) is 13.8 Å². The number of aliphatic hydroxyl groups excluding tert-OH is 2. The van der Waals surface area contributed by atoms with Crippen LogP contribution in [0.2, 0.25) is 0 Å². The molecule has 0 spiro atoms. The van der Waals surface area contributed by atoms with Gasteiger partial charge in [0.05, 0.1) is 25.3 Å². The number of hydrogen-bond acceptors (Lipinski definition) is 18. The maximum absolute atomic E-state index is 12.6. The Morgan fingerprint density at radius 3 is 2.35 bits per heavy atom. The number of sulfone groups is 1. The van der Waals surface area contributed by atoms with Gasteiger partial charge in [-0.15, -0.1) is 0 Å². The minimum absolute atomic E-state index is 0.0227. The first-order valence-electron chi connectivity index (χ1n) is 14.4. The summed E-state index contributed by atoms with van der Waals surface area (Å²) < 4.78 is 83.9. The van der Waals surface area contributed by atoms with Crippen molar-refractivity contribution >= 4 is 62.1 Å². The van der Waals surface area contributed by atoms with Gasteiger partial charge in [0, 0.05) is 31.2 Å². The van der Waals surface area contributed by atoms with Crippen molar-refractivity contribution in [1.29, 1.82) is 0 Å². The van der Waals surface area contributed by atoms with E-state index in [0.717, 1.165) is 23.5 Å². The summed E-state index contributed by atoms with van der Waals surface area (Å²) in [6, 6.07) is 0. The van der Waals surface area contributed by atoms with Crippen molar-refractivity contribution in [1.82, 2.24) is 30.2 Å². The zero-order valence-electron chi connectivity index (χ0n) is 27.0. The molecule has 0 bridgehead atoms. The van der Waals surface area contributed by atoms with E-state index in [0.29, 0.717) is 0 Å². The molecule has 10 N–H and O–H groups in total. The van der Waals surface area contributed by atoms with Gasteiger partial charge in [0.2, 0.25) is 11.8 Å². The van der Waals surface area contributed by atoms with Crippen LogP contribution in [0.1, 0.15) is 26.5 Å². The van der Waals surface area contributed by atoms with Crippen molar-refractivity contribution < 1.29 is 84.1 Å². The summed E-state index contributed by atoms with van der Waals surface area (Å²) in [7, 11) is -19.7. The van der Waals surface area contributed by atoms with E-state index in [1.807, 2.05) is 0 Å². The molecule has 0 radical (unpaired) electrons. The number of nitrogens with one attached hydrogen (secondary N) is 2. The third-order valence-electron chi connectivity index (χ3n) is 6.87. The average Bonchev–Trinajstić information content (AvgIpc) is 3.54. The number of nitrogen functional groups attached to an aromatic ring is 1. The number of nitrogens with two attached hydrogens (primary N) is 1. The van der Waals surface area contributed by atoms with Gasteiger partial charge < -0.3 is 50.9 Å². The van der Waals surface area contributed by atoms with E-state index in [1.54, 1.807) is 0 Å². The number of fused-ring (bicyclic) bond motifs is 1. The number of phosphoric ester groups is 3. The Morgan fingerprint density at radius 2 is 1.73 bits per heavy atom. The normalized spacial score (nSPS) is 23.0. The van der Waals surface area contributed by atoms with Crippen LogP contribution in [0.5, 0.6) is 0 Å². The van der Waals surface area contributed by atoms with E-state index in [-0.39, 0.29) is 42.2 Å². The number of phosphoric acid groups is 3. The molecule has 3 heterocycles. The standard InChI is InChI=1S/C22H38N7O18P3S/c1-22(2,17(32)20(33)25-5-4-13(30)24-6-7-51(3,41)42)9-44-50(39,40)47-49(37,38)43-8-12-16(46-48(34,35)36)15(31)21(45-12)29-11-28-14-18(23)26-10-27-19(14)29/h10-12,15-17,21,31-32H,4-9H2,1-3H3,(H,24,30)(H,25,33)(H,37,38)(H,39,40)(H2,23,26,27)(H2,34,35,36). The van der Waals surface area contributed by atoms with Gasteiger partial charge in [0.15, 0.2) is 17.7 Å². The first-order chi connectivity index (χ1) is 23.3. The summed E-state index contributed by atoms with van der Waals surface area (Å²) in [5, 5.41) is 25.9. The first-order valence-corrected chi connectivity index (χ1v) is 21.0. The smallest absolute Gasteiger partial charge is 0.386 e. The molecule has 25 nitrogen and oxygen atoms in total. The van der Waals surface area contributed by atoms with Crippen molar-refractivity contribution in [2.75, 3.05) is 44.0 Å². The molecule has 0 aliphatic carbocycles. The molecular formula is C22H38N7O18P3S. The van der Waals surface area contributed by atoms with Crippen LogP contribution in [-0.2, 0) is 55.7 Å². The van der Waals surface area contributed by atoms with Crippen LogP contribution in [0.25, 0.3) is 11.2 Å². The van der Waals surface area contributed by atoms with Crippen molar-refractivity contribution in [3.8, 4) is 0 Å². The molecule has 3 rings (SSSR count). The van der Waals surface area contributed by atoms with Gasteiger partial charge in [-0.3, -0.25) is 27.7 Å². The summed E-state index contributed by atoms with van der Waals surface area (Å²) in [4.78, 5) is 74.9. The van der Waals surface area contributed by atoms with Gasteiger partial charge in [-0.2, -0.15) is 4.31 Å². The second kappa shape index (κ2) is 16.7. The summed E-state index contributed by atoms with van der Waals surface area (Å²) in [6.07, 6.45) is -6.11. The number of nitrogens with zero attached hydrogens (tertiary/aromatic N) is 4. The van der Waals surface area contributed by atoms with Gasteiger partial charge >= 0.3 is 23.5 Å². The number of rotatable bonds is 19. The third-order valence-corrected chi connectivity index (χ3v) is 10.9. The maximum atomic E-state index is 12.6. The van der Waals surface area contributed by atoms with Gasteiger partial charge in [-0.05, 0) is 0 Å². The van der Waals surface area contributed by atoms with Crippen LogP contribution in [0.15, 0.2) is 12.7 Å². The van der Waals surface area contributed by atoms with E-state index in [2.05, 4.69) is 34.4 Å². The minimum Gasteiger partial charge on any atom is -0.386 e. The topological polar surface area (TPSA) is 381 Å². The lowest BCUT2D eigenvalue weighted by atomic mass is 9.87. The van der Waals surface area contributed by atoms with Crippen molar-refractivity contribution in [2.45, 2.75) is 50.9 Å².